The number of aliphatic carboxylic acids is 1. The Hall–Kier alpha value is -2.49. The molecule has 0 bridgehead atoms. The Morgan fingerprint density at radius 2 is 1.70 bits per heavy atom. The van der Waals surface area contributed by atoms with Crippen molar-refractivity contribution in [2.75, 3.05) is 6.61 Å². The molecule has 122 valence electrons. The molecule has 2 aromatic carbocycles. The third-order valence-corrected chi connectivity index (χ3v) is 3.69. The second-order valence-electron chi connectivity index (χ2n) is 5.47. The van der Waals surface area contributed by atoms with Crippen LogP contribution < -0.4 is 9.47 Å². The van der Waals surface area contributed by atoms with E-state index in [0.717, 1.165) is 22.4 Å². The van der Waals surface area contributed by atoms with E-state index >= 15 is 0 Å². The summed E-state index contributed by atoms with van der Waals surface area (Å²) in [5.41, 5.74) is 3.12. The Labute approximate surface area is 136 Å². The monoisotopic (exact) mass is 314 g/mol. The predicted octanol–water partition coefficient (Wildman–Crippen LogP) is 3.78. The number of rotatable bonds is 7. The van der Waals surface area contributed by atoms with E-state index in [-0.39, 0.29) is 0 Å². The van der Waals surface area contributed by atoms with E-state index in [1.165, 1.54) is 0 Å². The van der Waals surface area contributed by atoms with Crippen molar-refractivity contribution in [2.45, 2.75) is 33.3 Å². The zero-order valence-electron chi connectivity index (χ0n) is 13.7. The smallest absolute Gasteiger partial charge is 0.345 e. The van der Waals surface area contributed by atoms with E-state index in [1.54, 1.807) is 6.07 Å². The van der Waals surface area contributed by atoms with E-state index in [1.807, 2.05) is 57.2 Å². The van der Waals surface area contributed by atoms with Crippen LogP contribution in [0.2, 0.25) is 0 Å². The molecule has 0 aliphatic rings. The number of hydrogen-bond donors (Lipinski definition) is 1. The quantitative estimate of drug-likeness (QED) is 0.845. The highest BCUT2D eigenvalue weighted by Crippen LogP contribution is 2.20. The molecule has 2 rings (SSSR count). The lowest BCUT2D eigenvalue weighted by molar-refractivity contribution is -0.145. The van der Waals surface area contributed by atoms with Crippen LogP contribution in [0.5, 0.6) is 11.5 Å². The zero-order chi connectivity index (χ0) is 16.8. The molecule has 1 N–H and O–H groups in total. The summed E-state index contributed by atoms with van der Waals surface area (Å²) >= 11 is 0. The topological polar surface area (TPSA) is 55.8 Å². The van der Waals surface area contributed by atoms with Crippen molar-refractivity contribution in [1.29, 1.82) is 0 Å². The van der Waals surface area contributed by atoms with Crippen LogP contribution in [0.4, 0.5) is 0 Å². The normalized spacial score (nSPS) is 11.8. The molecule has 4 heteroatoms. The molecule has 0 fully saturated rings. The van der Waals surface area contributed by atoms with Crippen LogP contribution in [0.15, 0.2) is 42.5 Å². The van der Waals surface area contributed by atoms with Gasteiger partial charge in [-0.2, -0.15) is 0 Å². The van der Waals surface area contributed by atoms with Crippen LogP contribution in [-0.4, -0.2) is 23.8 Å². The van der Waals surface area contributed by atoms with Gasteiger partial charge in [-0.1, -0.05) is 18.2 Å². The van der Waals surface area contributed by atoms with Crippen LogP contribution in [-0.2, 0) is 11.2 Å². The Morgan fingerprint density at radius 1 is 1.04 bits per heavy atom. The fourth-order valence-corrected chi connectivity index (χ4v) is 2.23. The van der Waals surface area contributed by atoms with Crippen molar-refractivity contribution < 1.29 is 19.4 Å². The first kappa shape index (κ1) is 16.9. The maximum Gasteiger partial charge on any atom is 0.345 e. The highest BCUT2D eigenvalue weighted by atomic mass is 16.5. The van der Waals surface area contributed by atoms with Crippen LogP contribution in [0.25, 0.3) is 0 Å². The fraction of sp³-hybridized carbons (Fsp3) is 0.316. The van der Waals surface area contributed by atoms with E-state index in [2.05, 4.69) is 0 Å². The van der Waals surface area contributed by atoms with Gasteiger partial charge in [-0.25, -0.2) is 4.79 Å². The van der Waals surface area contributed by atoms with Crippen molar-refractivity contribution in [2.24, 2.45) is 0 Å². The first-order chi connectivity index (χ1) is 11.0. The molecule has 0 saturated heterocycles. The SMILES string of the molecule is CCOc1ccc(C[C@@H](Oc2ccc(C)c(C)c2)C(=O)O)cc1. The van der Waals surface area contributed by atoms with E-state index in [0.29, 0.717) is 18.8 Å². The summed E-state index contributed by atoms with van der Waals surface area (Å²) in [4.78, 5) is 11.5. The molecule has 0 heterocycles. The van der Waals surface area contributed by atoms with E-state index in [9.17, 15) is 9.90 Å². The Kier molecular flexibility index (Phi) is 5.63. The maximum absolute atomic E-state index is 11.5. The highest BCUT2D eigenvalue weighted by Gasteiger charge is 2.20. The minimum Gasteiger partial charge on any atom is -0.494 e. The average Bonchev–Trinajstić information content (AvgIpc) is 2.52. The highest BCUT2D eigenvalue weighted by molar-refractivity contribution is 5.73. The number of benzene rings is 2. The van der Waals surface area contributed by atoms with Crippen molar-refractivity contribution in [3.8, 4) is 11.5 Å². The van der Waals surface area contributed by atoms with Crippen molar-refractivity contribution in [3.05, 3.63) is 59.2 Å². The number of carbonyl (C=O) groups is 1. The van der Waals surface area contributed by atoms with Gasteiger partial charge in [0.2, 0.25) is 0 Å². The Morgan fingerprint density at radius 3 is 2.26 bits per heavy atom. The van der Waals surface area contributed by atoms with Crippen LogP contribution in [0, 0.1) is 13.8 Å². The number of carboxylic acids is 1. The molecule has 4 nitrogen and oxygen atoms in total. The standard InChI is InChI=1S/C19H22O4/c1-4-22-16-9-6-15(7-10-16)12-18(19(20)21)23-17-8-5-13(2)14(3)11-17/h5-11,18H,4,12H2,1-3H3,(H,20,21)/t18-/m1/s1. The van der Waals surface area contributed by atoms with Crippen molar-refractivity contribution >= 4 is 5.97 Å². The second-order valence-corrected chi connectivity index (χ2v) is 5.47. The van der Waals surface area contributed by atoms with Crippen LogP contribution in [0.3, 0.4) is 0 Å². The summed E-state index contributed by atoms with van der Waals surface area (Å²) in [5.74, 6) is 0.377. The number of ether oxygens (including phenoxy) is 2. The van der Waals surface area contributed by atoms with Gasteiger partial charge in [0.05, 0.1) is 6.61 Å². The van der Waals surface area contributed by atoms with Gasteiger partial charge in [0.25, 0.3) is 0 Å². The lowest BCUT2D eigenvalue weighted by Gasteiger charge is -2.16. The minimum atomic E-state index is -0.975. The summed E-state index contributed by atoms with van der Waals surface area (Å²) in [6.07, 6.45) is -0.621. The zero-order valence-corrected chi connectivity index (χ0v) is 13.7. The molecule has 0 aliphatic carbocycles. The Balaban J connectivity index is 2.09. The molecule has 0 amide bonds. The van der Waals surface area contributed by atoms with Gasteiger partial charge in [0.1, 0.15) is 11.5 Å². The third-order valence-electron chi connectivity index (χ3n) is 3.69. The van der Waals surface area contributed by atoms with Crippen LogP contribution in [0.1, 0.15) is 23.6 Å². The van der Waals surface area contributed by atoms with Crippen LogP contribution >= 0.6 is 0 Å². The molecule has 0 saturated carbocycles. The lowest BCUT2D eigenvalue weighted by atomic mass is 10.1. The predicted molar refractivity (Wildman–Crippen MR) is 89.3 cm³/mol. The molecular weight excluding hydrogens is 292 g/mol. The summed E-state index contributed by atoms with van der Waals surface area (Å²) in [7, 11) is 0. The number of hydrogen-bond acceptors (Lipinski definition) is 3. The number of carboxylic acid groups (broad SMARTS) is 1. The fourth-order valence-electron chi connectivity index (χ4n) is 2.23. The molecule has 2 aromatic rings. The summed E-state index contributed by atoms with van der Waals surface area (Å²) < 4.78 is 11.0. The first-order valence-electron chi connectivity index (χ1n) is 7.68. The molecular formula is C19H22O4. The van der Waals surface area contributed by atoms with Gasteiger partial charge in [-0.05, 0) is 61.7 Å². The number of aryl methyl sites for hydroxylation is 2. The average molecular weight is 314 g/mol. The molecule has 0 aromatic heterocycles. The third kappa shape index (κ3) is 4.74. The molecule has 1 atom stereocenters. The van der Waals surface area contributed by atoms with Gasteiger partial charge in [0.15, 0.2) is 6.10 Å². The second kappa shape index (κ2) is 7.68. The van der Waals surface area contributed by atoms with Gasteiger partial charge in [-0.15, -0.1) is 0 Å². The molecule has 23 heavy (non-hydrogen) atoms. The molecule has 0 spiro atoms. The maximum atomic E-state index is 11.5. The van der Waals surface area contributed by atoms with E-state index < -0.39 is 12.1 Å². The molecule has 0 unspecified atom stereocenters. The van der Waals surface area contributed by atoms with Gasteiger partial charge in [-0.3, -0.25) is 0 Å². The summed E-state index contributed by atoms with van der Waals surface area (Å²) in [5, 5.41) is 9.41. The van der Waals surface area contributed by atoms with Gasteiger partial charge < -0.3 is 14.6 Å². The summed E-state index contributed by atoms with van der Waals surface area (Å²) in [6, 6.07) is 13.0. The largest absolute Gasteiger partial charge is 0.494 e. The minimum absolute atomic E-state index is 0.300. The lowest BCUT2D eigenvalue weighted by Crippen LogP contribution is -2.29. The van der Waals surface area contributed by atoms with Gasteiger partial charge in [0, 0.05) is 6.42 Å². The Bertz CT molecular complexity index is 662. The van der Waals surface area contributed by atoms with Crippen molar-refractivity contribution in [1.82, 2.24) is 0 Å². The van der Waals surface area contributed by atoms with Crippen molar-refractivity contribution in [3.63, 3.8) is 0 Å². The molecule has 0 radical (unpaired) electrons. The summed E-state index contributed by atoms with van der Waals surface area (Å²) in [6.45, 7) is 6.51. The first-order valence-corrected chi connectivity index (χ1v) is 7.68. The van der Waals surface area contributed by atoms with E-state index in [4.69, 9.17) is 9.47 Å². The molecule has 0 aliphatic heterocycles. The van der Waals surface area contributed by atoms with Gasteiger partial charge >= 0.3 is 5.97 Å².